The van der Waals surface area contributed by atoms with Crippen molar-refractivity contribution >= 4 is 16.6 Å². The number of pyridine rings is 2. The number of hydrogen-bond acceptors (Lipinski definition) is 3. The van der Waals surface area contributed by atoms with Gasteiger partial charge in [-0.15, -0.1) is 0 Å². The molecule has 0 aliphatic rings. The van der Waals surface area contributed by atoms with Gasteiger partial charge in [-0.1, -0.05) is 24.3 Å². The van der Waals surface area contributed by atoms with Gasteiger partial charge in [0.2, 0.25) is 0 Å². The van der Waals surface area contributed by atoms with Crippen LogP contribution in [0.3, 0.4) is 0 Å². The normalized spacial score (nSPS) is 11.3. The first-order valence-corrected chi connectivity index (χ1v) is 8.75. The van der Waals surface area contributed by atoms with E-state index in [1.807, 2.05) is 24.3 Å². The topological polar surface area (TPSA) is 52.2 Å². The summed E-state index contributed by atoms with van der Waals surface area (Å²) in [5.41, 5.74) is 5.31. The maximum absolute atomic E-state index is 12.7. The highest BCUT2D eigenvalue weighted by atomic mass is 16.1. The summed E-state index contributed by atoms with van der Waals surface area (Å²) in [5, 5.41) is 0. The Morgan fingerprint density at radius 3 is 2.81 bits per heavy atom. The SMILES string of the molecule is O=c1c2ncccc2ncn1Cc1cccc(-c2ccc3ccccn23)c1. The lowest BCUT2D eigenvalue weighted by molar-refractivity contribution is 0.746. The van der Waals surface area contributed by atoms with Crippen molar-refractivity contribution in [3.8, 4) is 11.3 Å². The van der Waals surface area contributed by atoms with E-state index < -0.39 is 0 Å². The highest BCUT2D eigenvalue weighted by Crippen LogP contribution is 2.23. The van der Waals surface area contributed by atoms with E-state index in [9.17, 15) is 4.79 Å². The van der Waals surface area contributed by atoms with Crippen LogP contribution in [0.25, 0.3) is 27.8 Å². The van der Waals surface area contributed by atoms with E-state index in [-0.39, 0.29) is 5.56 Å². The highest BCUT2D eigenvalue weighted by molar-refractivity contribution is 5.72. The smallest absolute Gasteiger partial charge is 0.280 e. The molecule has 27 heavy (non-hydrogen) atoms. The van der Waals surface area contributed by atoms with E-state index in [0.29, 0.717) is 17.6 Å². The molecule has 4 aromatic heterocycles. The molecule has 0 unspecified atom stereocenters. The Kier molecular flexibility index (Phi) is 3.57. The minimum absolute atomic E-state index is 0.126. The maximum Gasteiger partial charge on any atom is 0.280 e. The summed E-state index contributed by atoms with van der Waals surface area (Å²) in [6.07, 6.45) is 5.26. The van der Waals surface area contributed by atoms with Crippen LogP contribution in [-0.2, 0) is 6.54 Å². The quantitative estimate of drug-likeness (QED) is 0.497. The second-order valence-corrected chi connectivity index (χ2v) is 6.46. The number of rotatable bonds is 3. The molecular formula is C22H16N4O. The summed E-state index contributed by atoms with van der Waals surface area (Å²) in [6, 6.07) is 22.2. The summed E-state index contributed by atoms with van der Waals surface area (Å²) >= 11 is 0. The predicted molar refractivity (Wildman–Crippen MR) is 106 cm³/mol. The number of nitrogens with zero attached hydrogens (tertiary/aromatic N) is 4. The molecule has 5 rings (SSSR count). The van der Waals surface area contributed by atoms with Crippen LogP contribution in [-0.4, -0.2) is 18.9 Å². The molecule has 0 radical (unpaired) electrons. The van der Waals surface area contributed by atoms with Crippen LogP contribution in [0.5, 0.6) is 0 Å². The Morgan fingerprint density at radius 2 is 1.85 bits per heavy atom. The zero-order valence-electron chi connectivity index (χ0n) is 14.5. The van der Waals surface area contributed by atoms with Crippen LogP contribution < -0.4 is 5.56 Å². The van der Waals surface area contributed by atoms with Crippen molar-refractivity contribution < 1.29 is 0 Å². The van der Waals surface area contributed by atoms with Crippen LogP contribution in [0, 0.1) is 0 Å². The number of aromatic nitrogens is 4. The van der Waals surface area contributed by atoms with Gasteiger partial charge in [-0.2, -0.15) is 0 Å². The van der Waals surface area contributed by atoms with Gasteiger partial charge in [-0.3, -0.25) is 9.36 Å². The largest absolute Gasteiger partial charge is 0.317 e. The van der Waals surface area contributed by atoms with Gasteiger partial charge in [-0.25, -0.2) is 9.97 Å². The second-order valence-electron chi connectivity index (χ2n) is 6.46. The third-order valence-electron chi connectivity index (χ3n) is 4.72. The summed E-state index contributed by atoms with van der Waals surface area (Å²) < 4.78 is 3.76. The monoisotopic (exact) mass is 352 g/mol. The molecule has 0 N–H and O–H groups in total. The molecule has 4 heterocycles. The van der Waals surface area contributed by atoms with Crippen molar-refractivity contribution in [1.29, 1.82) is 0 Å². The van der Waals surface area contributed by atoms with Crippen molar-refractivity contribution in [3.63, 3.8) is 0 Å². The molecule has 0 aliphatic heterocycles. The van der Waals surface area contributed by atoms with E-state index in [2.05, 4.69) is 50.9 Å². The number of benzene rings is 1. The Labute approximate surface area is 155 Å². The highest BCUT2D eigenvalue weighted by Gasteiger charge is 2.08. The molecule has 5 heteroatoms. The van der Waals surface area contributed by atoms with E-state index in [1.165, 1.54) is 0 Å². The minimum Gasteiger partial charge on any atom is -0.317 e. The van der Waals surface area contributed by atoms with E-state index in [1.54, 1.807) is 29.2 Å². The fourth-order valence-corrected chi connectivity index (χ4v) is 3.42. The van der Waals surface area contributed by atoms with E-state index in [0.717, 1.165) is 22.3 Å². The molecule has 5 aromatic rings. The van der Waals surface area contributed by atoms with E-state index in [4.69, 9.17) is 0 Å². The van der Waals surface area contributed by atoms with Gasteiger partial charge < -0.3 is 4.40 Å². The molecule has 0 bridgehead atoms. The van der Waals surface area contributed by atoms with Gasteiger partial charge in [0.05, 0.1) is 24.1 Å². The summed E-state index contributed by atoms with van der Waals surface area (Å²) in [7, 11) is 0. The molecule has 130 valence electrons. The average Bonchev–Trinajstić information content (AvgIpc) is 3.15. The fourth-order valence-electron chi connectivity index (χ4n) is 3.42. The molecule has 0 fully saturated rings. The predicted octanol–water partition coefficient (Wildman–Crippen LogP) is 3.76. The van der Waals surface area contributed by atoms with Gasteiger partial charge in [0.15, 0.2) is 5.52 Å². The second kappa shape index (κ2) is 6.21. The number of hydrogen-bond donors (Lipinski definition) is 0. The minimum atomic E-state index is -0.126. The summed E-state index contributed by atoms with van der Waals surface area (Å²) in [5.74, 6) is 0. The van der Waals surface area contributed by atoms with Gasteiger partial charge >= 0.3 is 0 Å². The Morgan fingerprint density at radius 1 is 0.889 bits per heavy atom. The molecule has 0 saturated carbocycles. The lowest BCUT2D eigenvalue weighted by Gasteiger charge is -2.09. The third-order valence-corrected chi connectivity index (χ3v) is 4.72. The molecule has 0 aliphatic carbocycles. The van der Waals surface area contributed by atoms with Gasteiger partial charge in [0.1, 0.15) is 0 Å². The Balaban J connectivity index is 1.55. The zero-order chi connectivity index (χ0) is 18.2. The van der Waals surface area contributed by atoms with E-state index >= 15 is 0 Å². The summed E-state index contributed by atoms with van der Waals surface area (Å²) in [6.45, 7) is 0.454. The van der Waals surface area contributed by atoms with Crippen molar-refractivity contribution in [3.05, 3.63) is 101 Å². The van der Waals surface area contributed by atoms with Crippen LogP contribution in [0.1, 0.15) is 5.56 Å². The van der Waals surface area contributed by atoms with Gasteiger partial charge in [0.25, 0.3) is 5.56 Å². The molecule has 0 spiro atoms. The molecular weight excluding hydrogens is 336 g/mol. The van der Waals surface area contributed by atoms with Crippen LogP contribution in [0.4, 0.5) is 0 Å². The first-order chi connectivity index (χ1) is 13.3. The molecule has 5 nitrogen and oxygen atoms in total. The van der Waals surface area contributed by atoms with Crippen LogP contribution in [0.2, 0.25) is 0 Å². The molecule has 0 saturated heterocycles. The standard InChI is InChI=1S/C22H16N4O/c27-22-21-19(8-4-11-23-21)24-15-25(22)14-16-5-3-6-17(13-16)20-10-9-18-7-1-2-12-26(18)20/h1-13,15H,14H2. The number of fused-ring (bicyclic) bond motifs is 2. The third kappa shape index (κ3) is 2.69. The fraction of sp³-hybridized carbons (Fsp3) is 0.0455. The zero-order valence-corrected chi connectivity index (χ0v) is 14.5. The maximum atomic E-state index is 12.7. The average molecular weight is 352 g/mol. The molecule has 0 amide bonds. The van der Waals surface area contributed by atoms with Crippen LogP contribution in [0.15, 0.2) is 90.2 Å². The Hall–Kier alpha value is -3.73. The molecule has 1 aromatic carbocycles. The first-order valence-electron chi connectivity index (χ1n) is 8.75. The lowest BCUT2D eigenvalue weighted by atomic mass is 10.1. The van der Waals surface area contributed by atoms with Crippen molar-refractivity contribution in [1.82, 2.24) is 18.9 Å². The van der Waals surface area contributed by atoms with Gasteiger partial charge in [-0.05, 0) is 53.6 Å². The molecule has 0 atom stereocenters. The van der Waals surface area contributed by atoms with Crippen molar-refractivity contribution in [2.75, 3.05) is 0 Å². The van der Waals surface area contributed by atoms with Gasteiger partial charge in [0, 0.05) is 17.9 Å². The van der Waals surface area contributed by atoms with Crippen molar-refractivity contribution in [2.24, 2.45) is 0 Å². The Bertz CT molecular complexity index is 1330. The van der Waals surface area contributed by atoms with Crippen LogP contribution >= 0.6 is 0 Å². The first kappa shape index (κ1) is 15.5. The van der Waals surface area contributed by atoms with Crippen molar-refractivity contribution in [2.45, 2.75) is 6.54 Å². The lowest BCUT2D eigenvalue weighted by Crippen LogP contribution is -2.21. The summed E-state index contributed by atoms with van der Waals surface area (Å²) in [4.78, 5) is 21.2.